The van der Waals surface area contributed by atoms with Crippen molar-refractivity contribution in [1.82, 2.24) is 10.2 Å². The molecule has 0 saturated carbocycles. The van der Waals surface area contributed by atoms with Gasteiger partial charge in [0.15, 0.2) is 0 Å². The average Bonchev–Trinajstić information content (AvgIpc) is 2.74. The zero-order valence-electron chi connectivity index (χ0n) is 16.0. The van der Waals surface area contributed by atoms with Crippen LogP contribution >= 0.6 is 0 Å². The van der Waals surface area contributed by atoms with E-state index < -0.39 is 6.04 Å². The molecular formula is C22H26N2O4. The molecule has 0 radical (unpaired) electrons. The summed E-state index contributed by atoms with van der Waals surface area (Å²) in [7, 11) is 0. The van der Waals surface area contributed by atoms with Crippen molar-refractivity contribution in [2.45, 2.75) is 25.5 Å². The predicted octanol–water partition coefficient (Wildman–Crippen LogP) is 2.56. The second-order valence-electron chi connectivity index (χ2n) is 6.76. The number of rotatable bonds is 7. The van der Waals surface area contributed by atoms with Gasteiger partial charge in [-0.3, -0.25) is 9.59 Å². The Bertz CT molecular complexity index is 767. The molecule has 2 amide bonds. The van der Waals surface area contributed by atoms with Crippen LogP contribution in [0.4, 0.5) is 0 Å². The Morgan fingerprint density at radius 3 is 2.54 bits per heavy atom. The van der Waals surface area contributed by atoms with Gasteiger partial charge in [0.25, 0.3) is 0 Å². The van der Waals surface area contributed by atoms with Crippen molar-refractivity contribution in [3.63, 3.8) is 0 Å². The normalized spacial score (nSPS) is 17.6. The van der Waals surface area contributed by atoms with Gasteiger partial charge >= 0.3 is 0 Å². The lowest BCUT2D eigenvalue weighted by molar-refractivity contribution is -0.142. The minimum atomic E-state index is -0.584. The second kappa shape index (κ2) is 9.90. The van der Waals surface area contributed by atoms with Gasteiger partial charge in [0, 0.05) is 6.54 Å². The molecule has 2 atom stereocenters. The Morgan fingerprint density at radius 2 is 1.82 bits per heavy atom. The van der Waals surface area contributed by atoms with E-state index in [9.17, 15) is 9.59 Å². The smallest absolute Gasteiger partial charge is 0.245 e. The molecule has 0 bridgehead atoms. The Labute approximate surface area is 165 Å². The molecule has 2 aromatic carbocycles. The number of carbonyl (C=O) groups excluding carboxylic acids is 2. The number of benzene rings is 2. The third-order valence-electron chi connectivity index (χ3n) is 4.64. The first-order chi connectivity index (χ1) is 13.6. The van der Waals surface area contributed by atoms with Crippen LogP contribution in [0.2, 0.25) is 0 Å². The van der Waals surface area contributed by atoms with Gasteiger partial charge in [-0.15, -0.1) is 0 Å². The molecule has 28 heavy (non-hydrogen) atoms. The Kier molecular flexibility index (Phi) is 7.03. The molecular weight excluding hydrogens is 356 g/mol. The third-order valence-corrected chi connectivity index (χ3v) is 4.64. The van der Waals surface area contributed by atoms with Crippen LogP contribution in [0, 0.1) is 0 Å². The number of ether oxygens (including phenoxy) is 2. The lowest BCUT2D eigenvalue weighted by Crippen LogP contribution is -2.51. The minimum Gasteiger partial charge on any atom is -0.493 e. The monoisotopic (exact) mass is 382 g/mol. The fourth-order valence-corrected chi connectivity index (χ4v) is 3.15. The fraction of sp³-hybridized carbons (Fsp3) is 0.364. The molecule has 6 nitrogen and oxygen atoms in total. The molecule has 6 heteroatoms. The van der Waals surface area contributed by atoms with Crippen LogP contribution in [-0.2, 0) is 14.3 Å². The molecule has 1 aliphatic rings. The number of carbonyl (C=O) groups is 2. The van der Waals surface area contributed by atoms with Gasteiger partial charge in [-0.1, -0.05) is 48.5 Å². The summed E-state index contributed by atoms with van der Waals surface area (Å²) in [4.78, 5) is 26.6. The highest BCUT2D eigenvalue weighted by Crippen LogP contribution is 2.22. The summed E-state index contributed by atoms with van der Waals surface area (Å²) < 4.78 is 11.3. The van der Waals surface area contributed by atoms with Gasteiger partial charge in [-0.25, -0.2) is 0 Å². The highest BCUT2D eigenvalue weighted by atomic mass is 16.5. The van der Waals surface area contributed by atoms with Crippen LogP contribution in [0.15, 0.2) is 60.7 Å². The van der Waals surface area contributed by atoms with E-state index in [1.165, 1.54) is 0 Å². The van der Waals surface area contributed by atoms with E-state index in [1.54, 1.807) is 11.8 Å². The minimum absolute atomic E-state index is 0.0958. The maximum atomic E-state index is 12.7. The Balaban J connectivity index is 1.45. The number of nitrogens with one attached hydrogen (secondary N) is 1. The number of hydrogen-bond acceptors (Lipinski definition) is 4. The molecule has 148 valence electrons. The van der Waals surface area contributed by atoms with Crippen LogP contribution in [0.25, 0.3) is 0 Å². The summed E-state index contributed by atoms with van der Waals surface area (Å²) in [6.45, 7) is 3.48. The van der Waals surface area contributed by atoms with Crippen molar-refractivity contribution in [1.29, 1.82) is 0 Å². The summed E-state index contributed by atoms with van der Waals surface area (Å²) in [5.41, 5.74) is 1.05. The molecule has 1 N–H and O–H groups in total. The number of morpholine rings is 1. The van der Waals surface area contributed by atoms with E-state index in [4.69, 9.17) is 9.47 Å². The Hall–Kier alpha value is -2.86. The SMILES string of the molecule is C[C@H](NC(=O)CCOc1ccccc1)C(=O)N1CCOC(c2ccccc2)C1. The molecule has 1 aliphatic heterocycles. The fourth-order valence-electron chi connectivity index (χ4n) is 3.15. The third kappa shape index (κ3) is 5.57. The van der Waals surface area contributed by atoms with Gasteiger partial charge in [0.05, 0.1) is 26.2 Å². The van der Waals surface area contributed by atoms with E-state index in [2.05, 4.69) is 5.32 Å². The largest absolute Gasteiger partial charge is 0.493 e. The number of amides is 2. The van der Waals surface area contributed by atoms with Crippen molar-refractivity contribution in [3.8, 4) is 5.75 Å². The summed E-state index contributed by atoms with van der Waals surface area (Å²) in [5.74, 6) is 0.422. The maximum absolute atomic E-state index is 12.7. The van der Waals surface area contributed by atoms with Crippen molar-refractivity contribution in [3.05, 3.63) is 66.2 Å². The first-order valence-corrected chi connectivity index (χ1v) is 9.56. The predicted molar refractivity (Wildman–Crippen MR) is 106 cm³/mol. The zero-order chi connectivity index (χ0) is 19.8. The van der Waals surface area contributed by atoms with Crippen molar-refractivity contribution < 1.29 is 19.1 Å². The van der Waals surface area contributed by atoms with Gasteiger partial charge in [0.1, 0.15) is 17.9 Å². The van der Waals surface area contributed by atoms with Crippen molar-refractivity contribution in [2.75, 3.05) is 26.3 Å². The summed E-state index contributed by atoms with van der Waals surface area (Å²) in [6.07, 6.45) is 0.0588. The average molecular weight is 382 g/mol. The van der Waals surface area contributed by atoms with Crippen LogP contribution < -0.4 is 10.1 Å². The van der Waals surface area contributed by atoms with Crippen molar-refractivity contribution >= 4 is 11.8 Å². The topological polar surface area (TPSA) is 67.9 Å². The van der Waals surface area contributed by atoms with Gasteiger partial charge < -0.3 is 19.7 Å². The van der Waals surface area contributed by atoms with E-state index >= 15 is 0 Å². The molecule has 1 heterocycles. The number of para-hydroxylation sites is 1. The Morgan fingerprint density at radius 1 is 1.14 bits per heavy atom. The highest BCUT2D eigenvalue weighted by molar-refractivity contribution is 5.87. The summed E-state index contributed by atoms with van der Waals surface area (Å²) in [6, 6.07) is 18.6. The molecule has 0 aliphatic carbocycles. The highest BCUT2D eigenvalue weighted by Gasteiger charge is 2.28. The van der Waals surface area contributed by atoms with Gasteiger partial charge in [0.2, 0.25) is 11.8 Å². The summed E-state index contributed by atoms with van der Waals surface area (Å²) >= 11 is 0. The zero-order valence-corrected chi connectivity index (χ0v) is 16.0. The lowest BCUT2D eigenvalue weighted by Gasteiger charge is -2.34. The molecule has 1 unspecified atom stereocenters. The standard InChI is InChI=1S/C22H26N2O4/c1-17(23-21(25)12-14-27-19-10-6-3-7-11-19)22(26)24-13-15-28-20(16-24)18-8-4-2-5-9-18/h2-11,17,20H,12-16H2,1H3,(H,23,25)/t17-,20?/m0/s1. The molecule has 2 aromatic rings. The van der Waals surface area contributed by atoms with Crippen molar-refractivity contribution in [2.24, 2.45) is 0 Å². The van der Waals surface area contributed by atoms with E-state index in [0.29, 0.717) is 19.7 Å². The molecule has 1 saturated heterocycles. The molecule has 1 fully saturated rings. The number of nitrogens with zero attached hydrogens (tertiary/aromatic N) is 1. The van der Waals surface area contributed by atoms with Crippen LogP contribution in [0.5, 0.6) is 5.75 Å². The first-order valence-electron chi connectivity index (χ1n) is 9.56. The van der Waals surface area contributed by atoms with Gasteiger partial charge in [-0.05, 0) is 24.6 Å². The van der Waals surface area contributed by atoms with Crippen LogP contribution in [0.1, 0.15) is 25.0 Å². The molecule has 3 rings (SSSR count). The number of hydrogen-bond donors (Lipinski definition) is 1. The summed E-state index contributed by atoms with van der Waals surface area (Å²) in [5, 5.41) is 2.77. The quantitative estimate of drug-likeness (QED) is 0.799. The molecule has 0 aromatic heterocycles. The van der Waals surface area contributed by atoms with E-state index in [1.807, 2.05) is 60.7 Å². The maximum Gasteiger partial charge on any atom is 0.245 e. The lowest BCUT2D eigenvalue weighted by atomic mass is 10.1. The van der Waals surface area contributed by atoms with Crippen LogP contribution in [-0.4, -0.2) is 49.1 Å². The van der Waals surface area contributed by atoms with Crippen LogP contribution in [0.3, 0.4) is 0 Å². The second-order valence-corrected chi connectivity index (χ2v) is 6.76. The first kappa shape index (κ1) is 19.9. The molecule has 0 spiro atoms. The van der Waals surface area contributed by atoms with E-state index in [-0.39, 0.29) is 30.9 Å². The van der Waals surface area contributed by atoms with Gasteiger partial charge in [-0.2, -0.15) is 0 Å². The van der Waals surface area contributed by atoms with E-state index in [0.717, 1.165) is 11.3 Å².